The Morgan fingerprint density at radius 3 is 2.61 bits per heavy atom. The summed E-state index contributed by atoms with van der Waals surface area (Å²) >= 11 is 0. The number of anilines is 1. The van der Waals surface area contributed by atoms with Crippen molar-refractivity contribution >= 4 is 22.3 Å². The van der Waals surface area contributed by atoms with Gasteiger partial charge in [-0.05, 0) is 6.92 Å². The molecule has 0 aliphatic carbocycles. The normalized spacial score (nSPS) is 20.8. The highest BCUT2D eigenvalue weighted by Crippen LogP contribution is 2.40. The Labute approximate surface area is 133 Å². The third-order valence-electron chi connectivity index (χ3n) is 4.11. The van der Waals surface area contributed by atoms with Gasteiger partial charge in [-0.15, -0.1) is 5.10 Å². The Hall–Kier alpha value is -2.79. The SMILES string of the molecule is CC1=NN(c2nncc3ccccc23)C(O)(c2ccccc2)C1. The monoisotopic (exact) mass is 304 g/mol. The molecule has 1 aromatic heterocycles. The lowest BCUT2D eigenvalue weighted by Crippen LogP contribution is -2.40. The average Bonchev–Trinajstić information content (AvgIpc) is 2.91. The molecule has 1 N–H and O–H groups in total. The third kappa shape index (κ3) is 2.17. The van der Waals surface area contributed by atoms with Crippen LogP contribution in [0.25, 0.3) is 10.8 Å². The smallest absolute Gasteiger partial charge is 0.191 e. The van der Waals surface area contributed by atoms with Gasteiger partial charge < -0.3 is 5.11 Å². The Morgan fingerprint density at radius 2 is 1.78 bits per heavy atom. The maximum Gasteiger partial charge on any atom is 0.191 e. The zero-order valence-corrected chi connectivity index (χ0v) is 12.7. The summed E-state index contributed by atoms with van der Waals surface area (Å²) in [6.07, 6.45) is 2.15. The van der Waals surface area contributed by atoms with Crippen LogP contribution in [0.15, 0.2) is 65.9 Å². The maximum atomic E-state index is 11.3. The molecule has 0 saturated carbocycles. The maximum absolute atomic E-state index is 11.3. The van der Waals surface area contributed by atoms with E-state index in [9.17, 15) is 5.11 Å². The number of fused-ring (bicyclic) bond motifs is 1. The molecular formula is C18H16N4O. The Morgan fingerprint density at radius 1 is 1.04 bits per heavy atom. The fraction of sp³-hybridized carbons (Fsp3) is 0.167. The van der Waals surface area contributed by atoms with Crippen LogP contribution < -0.4 is 5.01 Å². The second-order valence-corrected chi connectivity index (χ2v) is 5.76. The predicted molar refractivity (Wildman–Crippen MR) is 90.1 cm³/mol. The number of hydrogen-bond acceptors (Lipinski definition) is 5. The van der Waals surface area contributed by atoms with E-state index in [0.29, 0.717) is 12.2 Å². The summed E-state index contributed by atoms with van der Waals surface area (Å²) in [6.45, 7) is 1.91. The van der Waals surface area contributed by atoms with Gasteiger partial charge in [-0.2, -0.15) is 10.2 Å². The molecule has 1 atom stereocenters. The first-order valence-electron chi connectivity index (χ1n) is 7.51. The first-order chi connectivity index (χ1) is 11.2. The first-order valence-corrected chi connectivity index (χ1v) is 7.51. The van der Waals surface area contributed by atoms with Gasteiger partial charge in [0.15, 0.2) is 11.5 Å². The van der Waals surface area contributed by atoms with Gasteiger partial charge in [0, 0.05) is 28.5 Å². The van der Waals surface area contributed by atoms with Crippen molar-refractivity contribution in [2.45, 2.75) is 19.1 Å². The molecule has 0 radical (unpaired) electrons. The van der Waals surface area contributed by atoms with Crippen LogP contribution in [0.1, 0.15) is 18.9 Å². The van der Waals surface area contributed by atoms with Gasteiger partial charge in [0.2, 0.25) is 0 Å². The number of benzene rings is 2. The Bertz CT molecular complexity index is 888. The molecule has 0 amide bonds. The van der Waals surface area contributed by atoms with Crippen LogP contribution in [0.4, 0.5) is 5.82 Å². The predicted octanol–water partition coefficient (Wildman–Crippen LogP) is 3.06. The van der Waals surface area contributed by atoms with E-state index >= 15 is 0 Å². The molecular weight excluding hydrogens is 288 g/mol. The van der Waals surface area contributed by atoms with Crippen molar-refractivity contribution in [3.63, 3.8) is 0 Å². The molecule has 1 aliphatic heterocycles. The van der Waals surface area contributed by atoms with Crippen molar-refractivity contribution in [2.24, 2.45) is 5.10 Å². The summed E-state index contributed by atoms with van der Waals surface area (Å²) in [5, 5.41) is 27.7. The lowest BCUT2D eigenvalue weighted by Gasteiger charge is -2.32. The second kappa shape index (κ2) is 5.14. The third-order valence-corrected chi connectivity index (χ3v) is 4.11. The Balaban J connectivity index is 1.91. The number of nitrogens with zero attached hydrogens (tertiary/aromatic N) is 4. The van der Waals surface area contributed by atoms with Crippen LogP contribution in [0.5, 0.6) is 0 Å². The summed E-state index contributed by atoms with van der Waals surface area (Å²) in [4.78, 5) is 0. The molecule has 114 valence electrons. The number of aromatic nitrogens is 2. The molecule has 3 aromatic rings. The van der Waals surface area contributed by atoms with Crippen molar-refractivity contribution in [3.8, 4) is 0 Å². The van der Waals surface area contributed by atoms with Crippen LogP contribution in [0.3, 0.4) is 0 Å². The zero-order chi connectivity index (χ0) is 15.9. The van der Waals surface area contributed by atoms with E-state index in [2.05, 4.69) is 15.3 Å². The first kappa shape index (κ1) is 13.8. The molecule has 1 unspecified atom stereocenters. The molecule has 0 spiro atoms. The highest BCUT2D eigenvalue weighted by atomic mass is 16.3. The largest absolute Gasteiger partial charge is 0.365 e. The van der Waals surface area contributed by atoms with Gasteiger partial charge >= 0.3 is 0 Å². The fourth-order valence-electron chi connectivity index (χ4n) is 3.04. The standard InChI is InChI=1S/C18H16N4O/c1-13-11-18(23,15-8-3-2-4-9-15)22(21-13)17-16-10-6-5-7-14(16)12-19-20-17/h2-10,12,23H,11H2,1H3. The van der Waals surface area contributed by atoms with Crippen LogP contribution in [0.2, 0.25) is 0 Å². The van der Waals surface area contributed by atoms with Crippen LogP contribution >= 0.6 is 0 Å². The van der Waals surface area contributed by atoms with E-state index in [1.807, 2.05) is 61.5 Å². The van der Waals surface area contributed by atoms with Crippen molar-refractivity contribution in [1.29, 1.82) is 0 Å². The highest BCUT2D eigenvalue weighted by Gasteiger charge is 2.43. The van der Waals surface area contributed by atoms with Gasteiger partial charge in [-0.25, -0.2) is 5.01 Å². The molecule has 2 heterocycles. The lowest BCUT2D eigenvalue weighted by molar-refractivity contribution is 0.0487. The minimum atomic E-state index is -1.25. The minimum Gasteiger partial charge on any atom is -0.365 e. The van der Waals surface area contributed by atoms with Crippen LogP contribution in [-0.4, -0.2) is 21.0 Å². The Kier molecular flexibility index (Phi) is 3.09. The van der Waals surface area contributed by atoms with Crippen molar-refractivity contribution < 1.29 is 5.11 Å². The van der Waals surface area contributed by atoms with Gasteiger partial charge in [0.1, 0.15) is 0 Å². The quantitative estimate of drug-likeness (QED) is 0.790. The van der Waals surface area contributed by atoms with Crippen LogP contribution in [-0.2, 0) is 5.72 Å². The zero-order valence-electron chi connectivity index (χ0n) is 12.7. The molecule has 0 bridgehead atoms. The van der Waals surface area contributed by atoms with Crippen molar-refractivity contribution in [3.05, 3.63) is 66.4 Å². The van der Waals surface area contributed by atoms with E-state index in [1.54, 1.807) is 11.2 Å². The van der Waals surface area contributed by atoms with E-state index in [1.165, 1.54) is 0 Å². The molecule has 0 saturated heterocycles. The molecule has 4 rings (SSSR count). The number of hydrogen-bond donors (Lipinski definition) is 1. The van der Waals surface area contributed by atoms with E-state index in [0.717, 1.165) is 22.0 Å². The van der Waals surface area contributed by atoms with E-state index in [4.69, 9.17) is 0 Å². The summed E-state index contributed by atoms with van der Waals surface area (Å²) in [5.74, 6) is 0.561. The molecule has 23 heavy (non-hydrogen) atoms. The van der Waals surface area contributed by atoms with Crippen molar-refractivity contribution in [2.75, 3.05) is 5.01 Å². The van der Waals surface area contributed by atoms with Gasteiger partial charge in [-0.3, -0.25) is 0 Å². The van der Waals surface area contributed by atoms with Crippen LogP contribution in [0, 0.1) is 0 Å². The molecule has 0 fully saturated rings. The molecule has 5 nitrogen and oxygen atoms in total. The number of hydrazone groups is 1. The lowest BCUT2D eigenvalue weighted by atomic mass is 9.97. The van der Waals surface area contributed by atoms with Crippen molar-refractivity contribution in [1.82, 2.24) is 10.2 Å². The summed E-state index contributed by atoms with van der Waals surface area (Å²) in [5.41, 5.74) is 0.394. The highest BCUT2D eigenvalue weighted by molar-refractivity contribution is 5.94. The summed E-state index contributed by atoms with van der Waals surface area (Å²) in [7, 11) is 0. The summed E-state index contributed by atoms with van der Waals surface area (Å²) < 4.78 is 0. The second-order valence-electron chi connectivity index (χ2n) is 5.76. The summed E-state index contributed by atoms with van der Waals surface area (Å²) in [6, 6.07) is 17.4. The van der Waals surface area contributed by atoms with E-state index in [-0.39, 0.29) is 0 Å². The van der Waals surface area contributed by atoms with Gasteiger partial charge in [0.25, 0.3) is 0 Å². The number of rotatable bonds is 2. The molecule has 1 aliphatic rings. The van der Waals surface area contributed by atoms with Gasteiger partial charge in [-0.1, -0.05) is 54.6 Å². The minimum absolute atomic E-state index is 0.432. The topological polar surface area (TPSA) is 61.6 Å². The van der Waals surface area contributed by atoms with E-state index < -0.39 is 5.72 Å². The number of aliphatic hydroxyl groups is 1. The molecule has 2 aromatic carbocycles. The molecule has 5 heteroatoms. The fourth-order valence-corrected chi connectivity index (χ4v) is 3.04. The average molecular weight is 304 g/mol. The van der Waals surface area contributed by atoms with Gasteiger partial charge in [0.05, 0.1) is 6.20 Å².